The van der Waals surface area contributed by atoms with Crippen molar-refractivity contribution in [1.29, 1.82) is 0 Å². The number of carboxylic acids is 1. The van der Waals surface area contributed by atoms with Crippen LogP contribution in [0.2, 0.25) is 0 Å². The lowest BCUT2D eigenvalue weighted by atomic mass is 9.97. The van der Waals surface area contributed by atoms with E-state index in [1.54, 1.807) is 6.07 Å². The first kappa shape index (κ1) is 13.2. The van der Waals surface area contributed by atoms with Gasteiger partial charge in [0.2, 0.25) is 0 Å². The van der Waals surface area contributed by atoms with Gasteiger partial charge >= 0.3 is 5.97 Å². The van der Waals surface area contributed by atoms with Crippen molar-refractivity contribution in [2.45, 2.75) is 45.6 Å². The van der Waals surface area contributed by atoms with Crippen molar-refractivity contribution in [2.75, 3.05) is 0 Å². The Kier molecular flexibility index (Phi) is 2.85. The van der Waals surface area contributed by atoms with Crippen LogP contribution in [0.4, 0.5) is 0 Å². The molecule has 20 heavy (non-hydrogen) atoms. The monoisotopic (exact) mass is 272 g/mol. The summed E-state index contributed by atoms with van der Waals surface area (Å²) >= 11 is 0. The molecule has 106 valence electrons. The van der Waals surface area contributed by atoms with Crippen molar-refractivity contribution in [2.24, 2.45) is 5.92 Å². The molecule has 0 spiro atoms. The third-order valence-corrected chi connectivity index (χ3v) is 4.45. The number of aromatic nitrogens is 2. The van der Waals surface area contributed by atoms with E-state index in [1.165, 1.54) is 12.8 Å². The number of para-hydroxylation sites is 1. The molecule has 2 aromatic rings. The molecule has 1 saturated carbocycles. The largest absolute Gasteiger partial charge is 0.478 e. The molecular weight excluding hydrogens is 252 g/mol. The van der Waals surface area contributed by atoms with Crippen molar-refractivity contribution in [1.82, 2.24) is 9.55 Å². The van der Waals surface area contributed by atoms with Gasteiger partial charge in [0.15, 0.2) is 0 Å². The summed E-state index contributed by atoms with van der Waals surface area (Å²) in [6.07, 6.45) is 3.30. The lowest BCUT2D eigenvalue weighted by Crippen LogP contribution is -2.30. The first-order chi connectivity index (χ1) is 9.46. The minimum atomic E-state index is -0.910. The number of rotatable bonds is 4. The van der Waals surface area contributed by atoms with Crippen LogP contribution in [0.15, 0.2) is 18.2 Å². The second-order valence-electron chi connectivity index (χ2n) is 6.12. The maximum absolute atomic E-state index is 11.4. The Balaban J connectivity index is 2.30. The zero-order valence-corrected chi connectivity index (χ0v) is 12.2. The Morgan fingerprint density at radius 1 is 1.45 bits per heavy atom. The summed E-state index contributed by atoms with van der Waals surface area (Å²) < 4.78 is 2.26. The molecule has 0 saturated heterocycles. The average Bonchev–Trinajstić information content (AvgIpc) is 3.18. The number of aryl methyl sites for hydroxylation is 1. The Hall–Kier alpha value is -1.84. The normalized spacial score (nSPS) is 15.8. The Bertz CT molecular complexity index is 681. The Morgan fingerprint density at radius 2 is 2.15 bits per heavy atom. The molecule has 1 fully saturated rings. The van der Waals surface area contributed by atoms with Crippen LogP contribution in [0.1, 0.15) is 49.8 Å². The quantitative estimate of drug-likeness (QED) is 0.927. The van der Waals surface area contributed by atoms with Gasteiger partial charge in [0.25, 0.3) is 0 Å². The Morgan fingerprint density at radius 3 is 2.70 bits per heavy atom. The summed E-state index contributed by atoms with van der Waals surface area (Å²) in [5.74, 6) is 0.733. The lowest BCUT2D eigenvalue weighted by molar-refractivity contribution is 0.0699. The summed E-state index contributed by atoms with van der Waals surface area (Å²) in [6.45, 7) is 6.54. The highest BCUT2D eigenvalue weighted by molar-refractivity contribution is 6.01. The molecule has 4 heteroatoms. The van der Waals surface area contributed by atoms with E-state index in [4.69, 9.17) is 0 Å². The van der Waals surface area contributed by atoms with Crippen LogP contribution >= 0.6 is 0 Å². The average molecular weight is 272 g/mol. The molecule has 1 aromatic heterocycles. The van der Waals surface area contributed by atoms with Gasteiger partial charge in [-0.05, 0) is 44.7 Å². The Labute approximate surface area is 118 Å². The van der Waals surface area contributed by atoms with Crippen LogP contribution in [-0.4, -0.2) is 20.6 Å². The number of hydrogen-bond acceptors (Lipinski definition) is 2. The van der Waals surface area contributed by atoms with Gasteiger partial charge in [-0.2, -0.15) is 0 Å². The number of carboxylic acid groups (broad SMARTS) is 1. The highest BCUT2D eigenvalue weighted by Gasteiger charge is 2.41. The highest BCUT2D eigenvalue weighted by Crippen LogP contribution is 2.45. The third kappa shape index (κ3) is 1.82. The predicted molar refractivity (Wildman–Crippen MR) is 78.1 cm³/mol. The summed E-state index contributed by atoms with van der Waals surface area (Å²) in [4.78, 5) is 16.0. The SMILES string of the molecule is CCc1nc2c(C(=O)O)cccc2n1C(C)(C)C1CC1. The molecule has 1 N–H and O–H groups in total. The van der Waals surface area contributed by atoms with Crippen LogP contribution in [0, 0.1) is 5.92 Å². The van der Waals surface area contributed by atoms with E-state index in [0.29, 0.717) is 17.0 Å². The van der Waals surface area contributed by atoms with E-state index < -0.39 is 5.97 Å². The van der Waals surface area contributed by atoms with E-state index in [-0.39, 0.29) is 5.54 Å². The van der Waals surface area contributed by atoms with Crippen LogP contribution < -0.4 is 0 Å². The smallest absolute Gasteiger partial charge is 0.337 e. The van der Waals surface area contributed by atoms with Crippen LogP contribution in [-0.2, 0) is 12.0 Å². The van der Waals surface area contributed by atoms with Gasteiger partial charge in [0, 0.05) is 12.0 Å². The standard InChI is InChI=1S/C16H20N2O2/c1-4-13-17-14-11(15(19)20)6-5-7-12(14)18(13)16(2,3)10-8-9-10/h5-7,10H,4,8-9H2,1-3H3,(H,19,20). The number of fused-ring (bicyclic) bond motifs is 1. The van der Waals surface area contributed by atoms with E-state index in [0.717, 1.165) is 17.8 Å². The van der Waals surface area contributed by atoms with Crippen molar-refractivity contribution in [3.05, 3.63) is 29.6 Å². The fourth-order valence-corrected chi connectivity index (χ4v) is 3.17. The zero-order valence-electron chi connectivity index (χ0n) is 12.2. The molecule has 0 aliphatic heterocycles. The summed E-state index contributed by atoms with van der Waals surface area (Å²) in [5, 5.41) is 9.33. The zero-order chi connectivity index (χ0) is 14.5. The number of nitrogens with zero attached hydrogens (tertiary/aromatic N) is 2. The van der Waals surface area contributed by atoms with Gasteiger partial charge in [-0.25, -0.2) is 9.78 Å². The van der Waals surface area contributed by atoms with Crippen LogP contribution in [0.5, 0.6) is 0 Å². The van der Waals surface area contributed by atoms with E-state index in [2.05, 4.69) is 30.3 Å². The van der Waals surface area contributed by atoms with Crippen molar-refractivity contribution in [3.63, 3.8) is 0 Å². The van der Waals surface area contributed by atoms with Gasteiger partial charge in [-0.1, -0.05) is 13.0 Å². The summed E-state index contributed by atoms with van der Waals surface area (Å²) in [7, 11) is 0. The fraction of sp³-hybridized carbons (Fsp3) is 0.500. The molecule has 0 unspecified atom stereocenters. The summed E-state index contributed by atoms with van der Waals surface area (Å²) in [6, 6.07) is 5.43. The second-order valence-corrected chi connectivity index (χ2v) is 6.12. The molecule has 1 aliphatic carbocycles. The molecule has 0 atom stereocenters. The highest BCUT2D eigenvalue weighted by atomic mass is 16.4. The molecule has 0 bridgehead atoms. The van der Waals surface area contributed by atoms with E-state index >= 15 is 0 Å². The second kappa shape index (κ2) is 4.33. The van der Waals surface area contributed by atoms with Crippen LogP contribution in [0.3, 0.4) is 0 Å². The predicted octanol–water partition coefficient (Wildman–Crippen LogP) is 3.44. The minimum absolute atomic E-state index is 0.00276. The third-order valence-electron chi connectivity index (χ3n) is 4.45. The topological polar surface area (TPSA) is 55.1 Å². The lowest BCUT2D eigenvalue weighted by Gasteiger charge is -2.29. The molecule has 1 aromatic carbocycles. The molecule has 3 rings (SSSR count). The fourth-order valence-electron chi connectivity index (χ4n) is 3.17. The molecule has 0 radical (unpaired) electrons. The molecular formula is C16H20N2O2. The molecule has 1 heterocycles. The maximum Gasteiger partial charge on any atom is 0.337 e. The van der Waals surface area contributed by atoms with Crippen molar-refractivity contribution >= 4 is 17.0 Å². The number of hydrogen-bond donors (Lipinski definition) is 1. The molecule has 1 aliphatic rings. The van der Waals surface area contributed by atoms with Gasteiger partial charge in [-0.15, -0.1) is 0 Å². The first-order valence-corrected chi connectivity index (χ1v) is 7.21. The minimum Gasteiger partial charge on any atom is -0.478 e. The van der Waals surface area contributed by atoms with E-state index in [1.807, 2.05) is 12.1 Å². The summed E-state index contributed by atoms with van der Waals surface area (Å²) in [5.41, 5.74) is 1.85. The van der Waals surface area contributed by atoms with E-state index in [9.17, 15) is 9.90 Å². The van der Waals surface area contributed by atoms with Crippen molar-refractivity contribution < 1.29 is 9.90 Å². The number of benzene rings is 1. The molecule has 0 amide bonds. The van der Waals surface area contributed by atoms with Gasteiger partial charge in [-0.3, -0.25) is 0 Å². The van der Waals surface area contributed by atoms with Gasteiger partial charge < -0.3 is 9.67 Å². The number of aromatic carboxylic acids is 1. The maximum atomic E-state index is 11.4. The van der Waals surface area contributed by atoms with Gasteiger partial charge in [0.1, 0.15) is 11.3 Å². The van der Waals surface area contributed by atoms with Crippen molar-refractivity contribution in [3.8, 4) is 0 Å². The molecule has 4 nitrogen and oxygen atoms in total. The van der Waals surface area contributed by atoms with Gasteiger partial charge in [0.05, 0.1) is 11.1 Å². The number of carbonyl (C=O) groups is 1. The first-order valence-electron chi connectivity index (χ1n) is 7.21. The van der Waals surface area contributed by atoms with Crippen LogP contribution in [0.25, 0.3) is 11.0 Å². The number of imidazole rings is 1.